The fraction of sp³-hybridized carbons (Fsp3) is 0.318. The third-order valence-corrected chi connectivity index (χ3v) is 5.47. The molecule has 2 aromatic rings. The molecule has 0 spiro atoms. The predicted molar refractivity (Wildman–Crippen MR) is 110 cm³/mol. The number of benzene rings is 1. The highest BCUT2D eigenvalue weighted by atomic mass is 32.1. The maximum Gasteiger partial charge on any atom is 0.254 e. The van der Waals surface area contributed by atoms with E-state index in [1.807, 2.05) is 22.9 Å². The molecule has 6 nitrogen and oxygen atoms in total. The molecule has 0 bridgehead atoms. The van der Waals surface area contributed by atoms with Crippen LogP contribution in [0.4, 0.5) is 0 Å². The first kappa shape index (κ1) is 20.6. The number of carbonyl (C=O) groups is 3. The molecule has 1 aliphatic heterocycles. The summed E-state index contributed by atoms with van der Waals surface area (Å²) in [6.45, 7) is 3.78. The number of methoxy groups -OCH3 is 1. The lowest BCUT2D eigenvalue weighted by Gasteiger charge is -2.28. The molecule has 2 heterocycles. The number of hydrogen-bond acceptors (Lipinski definition) is 5. The fourth-order valence-corrected chi connectivity index (χ4v) is 3.63. The van der Waals surface area contributed by atoms with E-state index >= 15 is 0 Å². The molecule has 7 heteroatoms. The van der Waals surface area contributed by atoms with Crippen molar-refractivity contribution in [1.29, 1.82) is 0 Å². The van der Waals surface area contributed by atoms with Crippen molar-refractivity contribution in [3.8, 4) is 17.6 Å². The van der Waals surface area contributed by atoms with E-state index in [1.165, 1.54) is 11.3 Å². The second kappa shape index (κ2) is 8.50. The normalized spacial score (nSPS) is 14.4. The van der Waals surface area contributed by atoms with E-state index in [0.717, 1.165) is 11.1 Å². The smallest absolute Gasteiger partial charge is 0.254 e. The number of nitrogens with one attached hydrogen (secondary N) is 1. The van der Waals surface area contributed by atoms with E-state index in [-0.39, 0.29) is 24.8 Å². The second-order valence-electron chi connectivity index (χ2n) is 7.01. The molecular weight excluding hydrogens is 388 g/mol. The van der Waals surface area contributed by atoms with E-state index < -0.39 is 11.3 Å². The maximum absolute atomic E-state index is 12.9. The number of ether oxygens (including phenoxy) is 1. The van der Waals surface area contributed by atoms with Crippen LogP contribution >= 0.6 is 11.3 Å². The number of thiophene rings is 1. The van der Waals surface area contributed by atoms with Gasteiger partial charge in [0.05, 0.1) is 7.11 Å². The van der Waals surface area contributed by atoms with Gasteiger partial charge in [-0.2, -0.15) is 11.3 Å². The third kappa shape index (κ3) is 4.49. The first-order chi connectivity index (χ1) is 13.9. The minimum Gasteiger partial charge on any atom is -0.497 e. The lowest BCUT2D eigenvalue weighted by molar-refractivity contribution is -0.134. The quantitative estimate of drug-likeness (QED) is 0.769. The van der Waals surface area contributed by atoms with E-state index in [2.05, 4.69) is 17.2 Å². The molecule has 1 atom stereocenters. The van der Waals surface area contributed by atoms with Gasteiger partial charge in [0.2, 0.25) is 11.8 Å². The van der Waals surface area contributed by atoms with Crippen LogP contribution in [-0.2, 0) is 16.1 Å². The Morgan fingerprint density at radius 3 is 2.79 bits per heavy atom. The summed E-state index contributed by atoms with van der Waals surface area (Å²) in [6.07, 6.45) is 0.188. The van der Waals surface area contributed by atoms with Crippen LogP contribution in [0.3, 0.4) is 0 Å². The van der Waals surface area contributed by atoms with E-state index in [4.69, 9.17) is 4.74 Å². The van der Waals surface area contributed by atoms with Crippen molar-refractivity contribution in [2.45, 2.75) is 26.8 Å². The van der Waals surface area contributed by atoms with Crippen LogP contribution in [0.1, 0.15) is 41.8 Å². The number of amides is 3. The Bertz CT molecular complexity index is 1000. The predicted octanol–water partition coefficient (Wildman–Crippen LogP) is 2.82. The zero-order valence-corrected chi connectivity index (χ0v) is 17.4. The summed E-state index contributed by atoms with van der Waals surface area (Å²) >= 11 is 1.51. The third-order valence-electron chi connectivity index (χ3n) is 4.78. The molecule has 0 saturated heterocycles. The number of rotatable bonds is 5. The van der Waals surface area contributed by atoms with Gasteiger partial charge in [0.1, 0.15) is 11.2 Å². The Hall–Kier alpha value is -3.11. The summed E-state index contributed by atoms with van der Waals surface area (Å²) in [5.41, 5.74) is 0.974. The summed E-state index contributed by atoms with van der Waals surface area (Å²) in [5, 5.41) is 6.17. The van der Waals surface area contributed by atoms with Crippen LogP contribution < -0.4 is 10.1 Å². The van der Waals surface area contributed by atoms with Crippen molar-refractivity contribution in [2.24, 2.45) is 5.41 Å². The van der Waals surface area contributed by atoms with Crippen LogP contribution in [-0.4, -0.2) is 36.3 Å². The molecule has 0 radical (unpaired) electrons. The van der Waals surface area contributed by atoms with Crippen molar-refractivity contribution in [1.82, 2.24) is 10.2 Å². The first-order valence-electron chi connectivity index (χ1n) is 9.22. The molecular formula is C22H22N2O4S. The highest BCUT2D eigenvalue weighted by Gasteiger charge is 2.39. The summed E-state index contributed by atoms with van der Waals surface area (Å²) < 4.78 is 5.20. The lowest BCUT2D eigenvalue weighted by Crippen LogP contribution is -2.47. The summed E-state index contributed by atoms with van der Waals surface area (Å²) in [5.74, 6) is 5.53. The van der Waals surface area contributed by atoms with Gasteiger partial charge in [0, 0.05) is 36.0 Å². The topological polar surface area (TPSA) is 75.7 Å². The van der Waals surface area contributed by atoms with Crippen LogP contribution in [0, 0.1) is 17.3 Å². The number of nitrogens with zero attached hydrogens (tertiary/aromatic N) is 1. The van der Waals surface area contributed by atoms with Crippen molar-refractivity contribution in [3.63, 3.8) is 0 Å². The van der Waals surface area contributed by atoms with Gasteiger partial charge in [-0.3, -0.25) is 19.7 Å². The Kier molecular flexibility index (Phi) is 6.04. The SMILES string of the molecule is CCC(=O)NC(=O)[C@@](C)(C#Cc1ccsc1)CN1Cc2ccc(OC)cc2C1=O. The van der Waals surface area contributed by atoms with Crippen LogP contribution in [0.15, 0.2) is 35.0 Å². The number of imide groups is 1. The van der Waals surface area contributed by atoms with Gasteiger partial charge >= 0.3 is 0 Å². The Morgan fingerprint density at radius 2 is 2.14 bits per heavy atom. The number of hydrogen-bond donors (Lipinski definition) is 1. The summed E-state index contributed by atoms with van der Waals surface area (Å²) in [6, 6.07) is 7.21. The maximum atomic E-state index is 12.9. The van der Waals surface area contributed by atoms with Gasteiger partial charge in [0.15, 0.2) is 0 Å². The van der Waals surface area contributed by atoms with Gasteiger partial charge in [-0.1, -0.05) is 24.8 Å². The van der Waals surface area contributed by atoms with Crippen molar-refractivity contribution in [3.05, 3.63) is 51.7 Å². The highest BCUT2D eigenvalue weighted by Crippen LogP contribution is 2.30. The Morgan fingerprint density at radius 1 is 1.34 bits per heavy atom. The second-order valence-corrected chi connectivity index (χ2v) is 7.79. The largest absolute Gasteiger partial charge is 0.497 e. The van der Waals surface area contributed by atoms with E-state index in [1.54, 1.807) is 38.0 Å². The molecule has 3 rings (SSSR count). The molecule has 1 N–H and O–H groups in total. The Labute approximate surface area is 173 Å². The molecule has 29 heavy (non-hydrogen) atoms. The molecule has 3 amide bonds. The van der Waals surface area contributed by atoms with E-state index in [9.17, 15) is 14.4 Å². The molecule has 1 aromatic heterocycles. The van der Waals surface area contributed by atoms with Gasteiger partial charge < -0.3 is 9.64 Å². The number of carbonyl (C=O) groups excluding carboxylic acids is 3. The molecule has 1 aliphatic rings. The Balaban J connectivity index is 1.88. The van der Waals surface area contributed by atoms with Crippen molar-refractivity contribution < 1.29 is 19.1 Å². The minimum absolute atomic E-state index is 0.0722. The zero-order valence-electron chi connectivity index (χ0n) is 16.6. The van der Waals surface area contributed by atoms with Crippen LogP contribution in [0.5, 0.6) is 5.75 Å². The minimum atomic E-state index is -1.24. The fourth-order valence-electron chi connectivity index (χ4n) is 3.04. The van der Waals surface area contributed by atoms with Gasteiger partial charge in [-0.25, -0.2) is 0 Å². The summed E-state index contributed by atoms with van der Waals surface area (Å²) in [4.78, 5) is 39.1. The van der Waals surface area contributed by atoms with Crippen molar-refractivity contribution in [2.75, 3.05) is 13.7 Å². The van der Waals surface area contributed by atoms with Gasteiger partial charge in [-0.05, 0) is 36.1 Å². The molecule has 1 aromatic carbocycles. The van der Waals surface area contributed by atoms with Gasteiger partial charge in [-0.15, -0.1) is 0 Å². The molecule has 0 saturated carbocycles. The average molecular weight is 410 g/mol. The molecule has 150 valence electrons. The standard InChI is InChI=1S/C22H22N2O4S/c1-4-19(25)23-21(27)22(2,9-7-15-8-10-29-13-15)14-24-12-16-5-6-17(28-3)11-18(16)20(24)26/h5-6,8,10-11,13H,4,12,14H2,1-3H3,(H,23,25,27)/t22-/m0/s1. The van der Waals surface area contributed by atoms with Gasteiger partial charge in [0.25, 0.3) is 5.91 Å². The highest BCUT2D eigenvalue weighted by molar-refractivity contribution is 7.08. The first-order valence-corrected chi connectivity index (χ1v) is 10.2. The molecule has 0 unspecified atom stereocenters. The van der Waals surface area contributed by atoms with Crippen LogP contribution in [0.25, 0.3) is 0 Å². The monoisotopic (exact) mass is 410 g/mol. The molecule has 0 aliphatic carbocycles. The van der Waals surface area contributed by atoms with Crippen LogP contribution in [0.2, 0.25) is 0 Å². The van der Waals surface area contributed by atoms with E-state index in [0.29, 0.717) is 17.9 Å². The molecule has 0 fully saturated rings. The summed E-state index contributed by atoms with van der Waals surface area (Å²) in [7, 11) is 1.55. The number of fused-ring (bicyclic) bond motifs is 1. The average Bonchev–Trinajstić information content (AvgIpc) is 3.34. The van der Waals surface area contributed by atoms with Crippen molar-refractivity contribution >= 4 is 29.1 Å². The zero-order chi connectivity index (χ0) is 21.0. The lowest BCUT2D eigenvalue weighted by atomic mass is 9.89.